The summed E-state index contributed by atoms with van der Waals surface area (Å²) < 4.78 is 19.8. The van der Waals surface area contributed by atoms with Crippen LogP contribution in [0.1, 0.15) is 6.92 Å². The van der Waals surface area contributed by atoms with E-state index in [-0.39, 0.29) is 11.8 Å². The van der Waals surface area contributed by atoms with E-state index >= 15 is 0 Å². The fraction of sp³-hybridized carbons (Fsp3) is 0.176. The standard InChI is InChI=1S/C17H15FN4O2S/c1-11(16(23)24-2)25-17-21-20-15(12-7-9-19-10-8-12)22(17)14-5-3-13(18)4-6-14/h3-11H,1-2H3. The number of hydrogen-bond acceptors (Lipinski definition) is 6. The van der Waals surface area contributed by atoms with Crippen LogP contribution in [0.5, 0.6) is 0 Å². The van der Waals surface area contributed by atoms with Crippen molar-refractivity contribution in [1.82, 2.24) is 19.7 Å². The minimum Gasteiger partial charge on any atom is -0.468 e. The van der Waals surface area contributed by atoms with Gasteiger partial charge in [-0.05, 0) is 43.3 Å². The Labute approximate surface area is 148 Å². The molecule has 2 aromatic heterocycles. The molecule has 128 valence electrons. The van der Waals surface area contributed by atoms with E-state index in [1.807, 2.05) is 12.1 Å². The topological polar surface area (TPSA) is 69.9 Å². The lowest BCUT2D eigenvalue weighted by atomic mass is 10.2. The molecule has 3 rings (SSSR count). The summed E-state index contributed by atoms with van der Waals surface area (Å²) in [7, 11) is 1.34. The van der Waals surface area contributed by atoms with Crippen molar-refractivity contribution in [3.05, 3.63) is 54.6 Å². The van der Waals surface area contributed by atoms with Gasteiger partial charge < -0.3 is 4.74 Å². The highest BCUT2D eigenvalue weighted by Gasteiger charge is 2.22. The number of ether oxygens (including phenoxy) is 1. The highest BCUT2D eigenvalue weighted by atomic mass is 32.2. The molecule has 0 amide bonds. The molecule has 6 nitrogen and oxygen atoms in total. The number of pyridine rings is 1. The lowest BCUT2D eigenvalue weighted by Crippen LogP contribution is -2.15. The number of nitrogens with zero attached hydrogens (tertiary/aromatic N) is 4. The van der Waals surface area contributed by atoms with Gasteiger partial charge in [0.05, 0.1) is 7.11 Å². The van der Waals surface area contributed by atoms with Crippen LogP contribution in [0.15, 0.2) is 53.9 Å². The largest absolute Gasteiger partial charge is 0.468 e. The van der Waals surface area contributed by atoms with Gasteiger partial charge in [-0.15, -0.1) is 10.2 Å². The molecule has 0 spiro atoms. The second kappa shape index (κ2) is 7.43. The molecule has 0 saturated carbocycles. The molecular formula is C17H15FN4O2S. The Kier molecular flexibility index (Phi) is 5.08. The summed E-state index contributed by atoms with van der Waals surface area (Å²) in [4.78, 5) is 15.7. The van der Waals surface area contributed by atoms with Crippen LogP contribution in [0.2, 0.25) is 0 Å². The predicted octanol–water partition coefficient (Wildman–Crippen LogP) is 3.12. The molecule has 8 heteroatoms. The van der Waals surface area contributed by atoms with E-state index in [1.165, 1.54) is 31.0 Å². The van der Waals surface area contributed by atoms with Crippen molar-refractivity contribution in [3.8, 4) is 17.1 Å². The zero-order valence-corrected chi connectivity index (χ0v) is 14.4. The third-order valence-electron chi connectivity index (χ3n) is 3.47. The zero-order chi connectivity index (χ0) is 17.8. The number of carbonyl (C=O) groups is 1. The fourth-order valence-corrected chi connectivity index (χ4v) is 3.12. The Bertz CT molecular complexity index is 868. The quantitative estimate of drug-likeness (QED) is 0.516. The number of aromatic nitrogens is 4. The van der Waals surface area contributed by atoms with Crippen LogP contribution in [-0.2, 0) is 9.53 Å². The molecule has 2 heterocycles. The Morgan fingerprint density at radius 1 is 1.16 bits per heavy atom. The Morgan fingerprint density at radius 3 is 2.48 bits per heavy atom. The van der Waals surface area contributed by atoms with Crippen LogP contribution in [-0.4, -0.2) is 38.1 Å². The lowest BCUT2D eigenvalue weighted by Gasteiger charge is -2.12. The van der Waals surface area contributed by atoms with Gasteiger partial charge >= 0.3 is 5.97 Å². The maximum atomic E-state index is 13.3. The smallest absolute Gasteiger partial charge is 0.318 e. The summed E-state index contributed by atoms with van der Waals surface area (Å²) in [5.41, 5.74) is 1.50. The summed E-state index contributed by atoms with van der Waals surface area (Å²) in [6.07, 6.45) is 3.31. The first-order valence-corrected chi connectivity index (χ1v) is 8.34. The number of benzene rings is 1. The van der Waals surface area contributed by atoms with Gasteiger partial charge in [0.2, 0.25) is 0 Å². The second-order valence-electron chi connectivity index (χ2n) is 5.14. The van der Waals surface area contributed by atoms with Gasteiger partial charge in [-0.3, -0.25) is 14.3 Å². The average molecular weight is 358 g/mol. The van der Waals surface area contributed by atoms with Gasteiger partial charge in [0.1, 0.15) is 11.1 Å². The Balaban J connectivity index is 2.08. The molecule has 0 N–H and O–H groups in total. The predicted molar refractivity (Wildman–Crippen MR) is 91.9 cm³/mol. The molecule has 0 aliphatic carbocycles. The summed E-state index contributed by atoms with van der Waals surface area (Å²) in [5, 5.41) is 8.49. The highest BCUT2D eigenvalue weighted by Crippen LogP contribution is 2.30. The Hall–Kier alpha value is -2.74. The van der Waals surface area contributed by atoms with Crippen LogP contribution in [0, 0.1) is 5.82 Å². The monoisotopic (exact) mass is 358 g/mol. The number of thioether (sulfide) groups is 1. The first kappa shape index (κ1) is 17.1. The first-order chi connectivity index (χ1) is 12.1. The summed E-state index contributed by atoms with van der Waals surface area (Å²) in [6, 6.07) is 9.62. The molecule has 0 aliphatic rings. The van der Waals surface area contributed by atoms with Crippen molar-refractivity contribution in [2.45, 2.75) is 17.3 Å². The third-order valence-corrected chi connectivity index (χ3v) is 4.49. The number of rotatable bonds is 5. The SMILES string of the molecule is COC(=O)C(C)Sc1nnc(-c2ccncc2)n1-c1ccc(F)cc1. The van der Waals surface area contributed by atoms with Crippen molar-refractivity contribution in [2.75, 3.05) is 7.11 Å². The van der Waals surface area contributed by atoms with Crippen molar-refractivity contribution in [3.63, 3.8) is 0 Å². The van der Waals surface area contributed by atoms with Crippen molar-refractivity contribution in [2.24, 2.45) is 0 Å². The molecule has 0 saturated heterocycles. The first-order valence-electron chi connectivity index (χ1n) is 7.46. The van der Waals surface area contributed by atoms with E-state index in [2.05, 4.69) is 15.2 Å². The minimum atomic E-state index is -0.460. The molecule has 25 heavy (non-hydrogen) atoms. The van der Waals surface area contributed by atoms with E-state index in [4.69, 9.17) is 4.74 Å². The van der Waals surface area contributed by atoms with Gasteiger partial charge in [-0.1, -0.05) is 11.8 Å². The molecule has 0 radical (unpaired) electrons. The number of methoxy groups -OCH3 is 1. The second-order valence-corrected chi connectivity index (χ2v) is 6.45. The third kappa shape index (κ3) is 3.69. The maximum Gasteiger partial charge on any atom is 0.318 e. The normalized spacial score (nSPS) is 12.0. The molecular weight excluding hydrogens is 343 g/mol. The average Bonchev–Trinajstić information content (AvgIpc) is 3.06. The van der Waals surface area contributed by atoms with Crippen LogP contribution in [0.3, 0.4) is 0 Å². The molecule has 1 aromatic carbocycles. The van der Waals surface area contributed by atoms with Gasteiger partial charge in [-0.25, -0.2) is 4.39 Å². The minimum absolute atomic E-state index is 0.334. The number of halogens is 1. The maximum absolute atomic E-state index is 13.3. The van der Waals surface area contributed by atoms with E-state index in [9.17, 15) is 9.18 Å². The molecule has 0 fully saturated rings. The van der Waals surface area contributed by atoms with E-state index in [0.717, 1.165) is 5.56 Å². The van der Waals surface area contributed by atoms with Crippen LogP contribution in [0.4, 0.5) is 4.39 Å². The number of carbonyl (C=O) groups excluding carboxylic acids is 1. The molecule has 3 aromatic rings. The number of hydrogen-bond donors (Lipinski definition) is 0. The molecule has 0 aliphatic heterocycles. The molecule has 1 unspecified atom stereocenters. The van der Waals surface area contributed by atoms with Gasteiger partial charge in [0, 0.05) is 23.6 Å². The Morgan fingerprint density at radius 2 is 1.84 bits per heavy atom. The van der Waals surface area contributed by atoms with Crippen LogP contribution in [0.25, 0.3) is 17.1 Å². The van der Waals surface area contributed by atoms with Crippen LogP contribution < -0.4 is 0 Å². The van der Waals surface area contributed by atoms with Crippen molar-refractivity contribution < 1.29 is 13.9 Å². The van der Waals surface area contributed by atoms with Crippen molar-refractivity contribution in [1.29, 1.82) is 0 Å². The van der Waals surface area contributed by atoms with Crippen LogP contribution >= 0.6 is 11.8 Å². The van der Waals surface area contributed by atoms with E-state index < -0.39 is 5.25 Å². The fourth-order valence-electron chi connectivity index (χ4n) is 2.23. The van der Waals surface area contributed by atoms with Crippen molar-refractivity contribution >= 4 is 17.7 Å². The van der Waals surface area contributed by atoms with Gasteiger partial charge in [0.25, 0.3) is 0 Å². The summed E-state index contributed by atoms with van der Waals surface area (Å²) in [6.45, 7) is 1.73. The highest BCUT2D eigenvalue weighted by molar-refractivity contribution is 8.00. The lowest BCUT2D eigenvalue weighted by molar-refractivity contribution is -0.139. The number of esters is 1. The zero-order valence-electron chi connectivity index (χ0n) is 13.6. The summed E-state index contributed by atoms with van der Waals surface area (Å²) in [5.74, 6) is -0.114. The summed E-state index contributed by atoms with van der Waals surface area (Å²) >= 11 is 1.22. The van der Waals surface area contributed by atoms with E-state index in [1.54, 1.807) is 36.0 Å². The molecule has 0 bridgehead atoms. The molecule has 1 atom stereocenters. The van der Waals surface area contributed by atoms with E-state index in [0.29, 0.717) is 16.7 Å². The van der Waals surface area contributed by atoms with Gasteiger partial charge in [-0.2, -0.15) is 0 Å². The van der Waals surface area contributed by atoms with Gasteiger partial charge in [0.15, 0.2) is 11.0 Å².